The number of aromatic hydroxyl groups is 3. The summed E-state index contributed by atoms with van der Waals surface area (Å²) in [5, 5.41) is 33.7. The topological polar surface area (TPSA) is 148 Å². The number of hydrogen-bond acceptors (Lipinski definition) is 7. The number of amides is 3. The number of carbonyl (C=O) groups is 3. The monoisotopic (exact) mass is 409 g/mol. The third-order valence-corrected chi connectivity index (χ3v) is 4.26. The van der Waals surface area contributed by atoms with Crippen molar-refractivity contribution in [1.82, 2.24) is 15.5 Å². The van der Waals surface area contributed by atoms with Gasteiger partial charge in [-0.25, -0.2) is 4.79 Å². The number of phenols is 3. The van der Waals surface area contributed by atoms with Crippen LogP contribution in [0.25, 0.3) is 0 Å². The standard InChI is InChI=1S/C19H27N3O7/c1-19(2,3)29-18(28)20-10-15(25)21-12-4-6-22(7-5-12)17(27)11-8-13(23)16(26)14(24)9-11/h8-9,12,23-24,26H,4-7,10H2,1-3H3,(H,20,28)(H,21,25). The van der Waals surface area contributed by atoms with Crippen LogP contribution < -0.4 is 10.6 Å². The molecule has 2 rings (SSSR count). The van der Waals surface area contributed by atoms with Crippen molar-refractivity contribution in [3.63, 3.8) is 0 Å². The maximum absolute atomic E-state index is 12.5. The van der Waals surface area contributed by atoms with E-state index >= 15 is 0 Å². The summed E-state index contributed by atoms with van der Waals surface area (Å²) in [6, 6.07) is 2.04. The van der Waals surface area contributed by atoms with Crippen molar-refractivity contribution in [2.45, 2.75) is 45.3 Å². The van der Waals surface area contributed by atoms with E-state index in [0.29, 0.717) is 25.9 Å². The summed E-state index contributed by atoms with van der Waals surface area (Å²) in [7, 11) is 0. The molecule has 1 heterocycles. The third-order valence-electron chi connectivity index (χ3n) is 4.26. The molecule has 1 aliphatic heterocycles. The lowest BCUT2D eigenvalue weighted by atomic mass is 10.0. The fraction of sp³-hybridized carbons (Fsp3) is 0.526. The zero-order valence-corrected chi connectivity index (χ0v) is 16.7. The maximum Gasteiger partial charge on any atom is 0.408 e. The quantitative estimate of drug-likeness (QED) is 0.467. The van der Waals surface area contributed by atoms with E-state index in [1.165, 1.54) is 4.90 Å². The van der Waals surface area contributed by atoms with E-state index in [1.807, 2.05) is 0 Å². The Morgan fingerprint density at radius 2 is 1.66 bits per heavy atom. The summed E-state index contributed by atoms with van der Waals surface area (Å²) >= 11 is 0. The van der Waals surface area contributed by atoms with Gasteiger partial charge in [-0.15, -0.1) is 0 Å². The second-order valence-electron chi connectivity index (χ2n) is 7.85. The number of piperidine rings is 1. The van der Waals surface area contributed by atoms with Gasteiger partial charge in [0.2, 0.25) is 5.91 Å². The second-order valence-corrected chi connectivity index (χ2v) is 7.85. The van der Waals surface area contributed by atoms with Crippen molar-refractivity contribution in [3.05, 3.63) is 17.7 Å². The van der Waals surface area contributed by atoms with Gasteiger partial charge in [-0.05, 0) is 45.7 Å². The molecule has 1 aromatic carbocycles. The molecule has 5 N–H and O–H groups in total. The number of carbonyl (C=O) groups excluding carboxylic acids is 3. The van der Waals surface area contributed by atoms with Crippen LogP contribution in [0.15, 0.2) is 12.1 Å². The normalized spacial score (nSPS) is 14.9. The van der Waals surface area contributed by atoms with Gasteiger partial charge in [-0.2, -0.15) is 0 Å². The lowest BCUT2D eigenvalue weighted by Gasteiger charge is -2.32. The van der Waals surface area contributed by atoms with Gasteiger partial charge in [-0.1, -0.05) is 0 Å². The van der Waals surface area contributed by atoms with E-state index < -0.39 is 34.9 Å². The highest BCUT2D eigenvalue weighted by Gasteiger charge is 2.26. The number of nitrogens with one attached hydrogen (secondary N) is 2. The molecule has 0 radical (unpaired) electrons. The number of benzene rings is 1. The number of likely N-dealkylation sites (tertiary alicyclic amines) is 1. The molecule has 0 atom stereocenters. The molecule has 10 nitrogen and oxygen atoms in total. The van der Waals surface area contributed by atoms with E-state index in [2.05, 4.69) is 10.6 Å². The molecule has 29 heavy (non-hydrogen) atoms. The van der Waals surface area contributed by atoms with Gasteiger partial charge in [0.15, 0.2) is 17.2 Å². The predicted octanol–water partition coefficient (Wildman–Crippen LogP) is 1.05. The number of nitrogens with zero attached hydrogens (tertiary/aromatic N) is 1. The first kappa shape index (κ1) is 22.1. The number of alkyl carbamates (subject to hydrolysis) is 1. The van der Waals surface area contributed by atoms with E-state index in [0.717, 1.165) is 12.1 Å². The molecular weight excluding hydrogens is 382 g/mol. The van der Waals surface area contributed by atoms with Crippen LogP contribution in [0.5, 0.6) is 17.2 Å². The van der Waals surface area contributed by atoms with Gasteiger partial charge in [0.25, 0.3) is 5.91 Å². The number of rotatable bonds is 4. The fourth-order valence-electron chi connectivity index (χ4n) is 2.88. The highest BCUT2D eigenvalue weighted by Crippen LogP contribution is 2.35. The van der Waals surface area contributed by atoms with E-state index in [4.69, 9.17) is 4.74 Å². The Hall–Kier alpha value is -3.17. The first-order chi connectivity index (χ1) is 13.5. The molecule has 10 heteroatoms. The summed E-state index contributed by atoms with van der Waals surface area (Å²) < 4.78 is 5.06. The first-order valence-electron chi connectivity index (χ1n) is 9.26. The molecule has 3 amide bonds. The van der Waals surface area contributed by atoms with Crippen molar-refractivity contribution in [3.8, 4) is 17.2 Å². The summed E-state index contributed by atoms with van der Waals surface area (Å²) in [5.41, 5.74) is -0.591. The molecule has 0 bridgehead atoms. The average Bonchev–Trinajstić information content (AvgIpc) is 2.63. The minimum atomic E-state index is -0.678. The number of phenolic OH excluding ortho intramolecular Hbond substituents is 3. The summed E-state index contributed by atoms with van der Waals surface area (Å²) in [6.45, 7) is 5.70. The molecule has 0 unspecified atom stereocenters. The van der Waals surface area contributed by atoms with E-state index in [-0.39, 0.29) is 24.1 Å². The predicted molar refractivity (Wildman–Crippen MR) is 103 cm³/mol. The van der Waals surface area contributed by atoms with Gasteiger partial charge in [0.1, 0.15) is 12.1 Å². The Balaban J connectivity index is 1.79. The van der Waals surface area contributed by atoms with Crippen LogP contribution in [-0.4, -0.2) is 69.4 Å². The van der Waals surface area contributed by atoms with Crippen molar-refractivity contribution in [1.29, 1.82) is 0 Å². The van der Waals surface area contributed by atoms with E-state index in [1.54, 1.807) is 20.8 Å². The smallest absolute Gasteiger partial charge is 0.408 e. The zero-order chi connectivity index (χ0) is 21.8. The van der Waals surface area contributed by atoms with Gasteiger partial charge in [0, 0.05) is 24.7 Å². The zero-order valence-electron chi connectivity index (χ0n) is 16.7. The van der Waals surface area contributed by atoms with Gasteiger partial charge in [-0.3, -0.25) is 9.59 Å². The second kappa shape index (κ2) is 8.89. The highest BCUT2D eigenvalue weighted by molar-refractivity contribution is 5.95. The Labute approximate surface area is 168 Å². The molecule has 1 saturated heterocycles. The van der Waals surface area contributed by atoms with Crippen molar-refractivity contribution >= 4 is 17.9 Å². The first-order valence-corrected chi connectivity index (χ1v) is 9.26. The van der Waals surface area contributed by atoms with Gasteiger partial charge in [0.05, 0.1) is 0 Å². The summed E-state index contributed by atoms with van der Waals surface area (Å²) in [4.78, 5) is 37.6. The third kappa shape index (κ3) is 6.44. The van der Waals surface area contributed by atoms with Crippen LogP contribution >= 0.6 is 0 Å². The van der Waals surface area contributed by atoms with Crippen molar-refractivity contribution in [2.75, 3.05) is 19.6 Å². The molecule has 0 aromatic heterocycles. The van der Waals surface area contributed by atoms with Crippen LogP contribution in [0.4, 0.5) is 4.79 Å². The SMILES string of the molecule is CC(C)(C)OC(=O)NCC(=O)NC1CCN(C(=O)c2cc(O)c(O)c(O)c2)CC1. The Kier molecular flexibility index (Phi) is 6.78. The largest absolute Gasteiger partial charge is 0.504 e. The van der Waals surface area contributed by atoms with E-state index in [9.17, 15) is 29.7 Å². The highest BCUT2D eigenvalue weighted by atomic mass is 16.6. The molecule has 0 spiro atoms. The molecular formula is C19H27N3O7. The maximum atomic E-state index is 12.5. The lowest BCUT2D eigenvalue weighted by molar-refractivity contribution is -0.121. The molecule has 1 aliphatic rings. The van der Waals surface area contributed by atoms with Crippen LogP contribution in [-0.2, 0) is 9.53 Å². The van der Waals surface area contributed by atoms with Crippen LogP contribution in [0.3, 0.4) is 0 Å². The Bertz CT molecular complexity index is 757. The molecule has 0 saturated carbocycles. The van der Waals surface area contributed by atoms with Crippen molar-refractivity contribution < 1.29 is 34.4 Å². The Morgan fingerprint density at radius 1 is 1.10 bits per heavy atom. The summed E-state index contributed by atoms with van der Waals surface area (Å²) in [5.74, 6) is -2.58. The Morgan fingerprint density at radius 3 is 2.17 bits per heavy atom. The lowest BCUT2D eigenvalue weighted by Crippen LogP contribution is -2.49. The molecule has 160 valence electrons. The van der Waals surface area contributed by atoms with Crippen LogP contribution in [0.2, 0.25) is 0 Å². The van der Waals surface area contributed by atoms with Crippen molar-refractivity contribution in [2.24, 2.45) is 0 Å². The molecule has 1 fully saturated rings. The van der Waals surface area contributed by atoms with Gasteiger partial charge < -0.3 is 35.6 Å². The minimum Gasteiger partial charge on any atom is -0.504 e. The molecule has 1 aromatic rings. The summed E-state index contributed by atoms with van der Waals surface area (Å²) in [6.07, 6.45) is 0.355. The van der Waals surface area contributed by atoms with Crippen LogP contribution in [0.1, 0.15) is 44.0 Å². The minimum absolute atomic E-state index is 0.0573. The fourth-order valence-corrected chi connectivity index (χ4v) is 2.88. The number of ether oxygens (including phenoxy) is 1. The molecule has 0 aliphatic carbocycles. The number of hydrogen-bond donors (Lipinski definition) is 5. The average molecular weight is 409 g/mol. The van der Waals surface area contributed by atoms with Gasteiger partial charge >= 0.3 is 6.09 Å². The van der Waals surface area contributed by atoms with Crippen LogP contribution in [0, 0.1) is 0 Å².